The number of nitrogens with one attached hydrogen (secondary N) is 3. The van der Waals surface area contributed by atoms with Crippen LogP contribution >= 0.6 is 0 Å². The summed E-state index contributed by atoms with van der Waals surface area (Å²) >= 11 is 0. The van der Waals surface area contributed by atoms with Crippen molar-refractivity contribution in [1.82, 2.24) is 30.2 Å². The SMILES string of the molecule is CC[C@@H]1[C@@H]2CN(C(O)[C@H](C(C)(C)C)NC(=O)O[C@@H]3[C@H]4CC[C@H](C4)[C@H]3CCCCCc3nc4ccc(OC)cc4nc3O2)[C@@H]1C(=O)N[C@]1(C(=O)NS(=O)(=O)C2CC2)C[C@H]1C(F)F. The Balaban J connectivity index is 1.17. The normalized spacial score (nSPS) is 35.5. The number of aliphatic hydroxyl groups is 1. The molecule has 4 N–H and O–H groups in total. The van der Waals surface area contributed by atoms with Gasteiger partial charge in [0.2, 0.25) is 28.2 Å². The van der Waals surface area contributed by atoms with Crippen LogP contribution in [0, 0.1) is 35.0 Å². The van der Waals surface area contributed by atoms with E-state index in [0.717, 1.165) is 44.9 Å². The molecular formula is C43H60F2N6O9S. The third-order valence-electron chi connectivity index (χ3n) is 14.4. The number of aliphatic hydroxyl groups excluding tert-OH is 1. The number of benzene rings is 1. The van der Waals surface area contributed by atoms with E-state index in [1.807, 2.05) is 44.5 Å². The largest absolute Gasteiger partial charge is 0.497 e. The minimum absolute atomic E-state index is 0.0691. The number of aromatic nitrogens is 2. The van der Waals surface area contributed by atoms with E-state index in [1.54, 1.807) is 13.2 Å². The Hall–Kier alpha value is -3.90. The molecule has 8 rings (SSSR count). The molecule has 2 aliphatic heterocycles. The van der Waals surface area contributed by atoms with Crippen molar-refractivity contribution >= 4 is 39.0 Å². The van der Waals surface area contributed by atoms with Gasteiger partial charge >= 0.3 is 6.09 Å². The van der Waals surface area contributed by atoms with E-state index in [4.69, 9.17) is 24.2 Å². The van der Waals surface area contributed by atoms with E-state index < -0.39 is 93.2 Å². The fourth-order valence-corrected chi connectivity index (χ4v) is 12.1. The van der Waals surface area contributed by atoms with Crippen molar-refractivity contribution in [2.24, 2.45) is 35.0 Å². The van der Waals surface area contributed by atoms with Gasteiger partial charge in [-0.15, -0.1) is 0 Å². The number of ether oxygens (including phenoxy) is 3. The summed E-state index contributed by atoms with van der Waals surface area (Å²) in [6.07, 6.45) is 1.37. The molecule has 1 aromatic carbocycles. The second-order valence-electron chi connectivity index (χ2n) is 19.3. The summed E-state index contributed by atoms with van der Waals surface area (Å²) in [7, 11) is -2.58. The molecule has 15 nitrogen and oxygen atoms in total. The van der Waals surface area contributed by atoms with Crippen molar-refractivity contribution in [3.05, 3.63) is 23.9 Å². The number of nitrogens with zero attached hydrogens (tertiary/aromatic N) is 3. The molecule has 12 atom stereocenters. The van der Waals surface area contributed by atoms with Gasteiger partial charge in [-0.2, -0.15) is 0 Å². The van der Waals surface area contributed by atoms with Gasteiger partial charge < -0.3 is 30.0 Å². The lowest BCUT2D eigenvalue weighted by atomic mass is 9.82. The first kappa shape index (κ1) is 43.7. The molecule has 6 aliphatic rings. The average molecular weight is 875 g/mol. The van der Waals surface area contributed by atoms with Crippen LogP contribution in [0.25, 0.3) is 11.0 Å². The van der Waals surface area contributed by atoms with E-state index in [-0.39, 0.29) is 30.4 Å². The lowest BCUT2D eigenvalue weighted by Crippen LogP contribution is -2.63. The van der Waals surface area contributed by atoms with Crippen LogP contribution in [0.2, 0.25) is 0 Å². The molecule has 5 fully saturated rings. The maximum Gasteiger partial charge on any atom is 0.407 e. The van der Waals surface area contributed by atoms with Crippen molar-refractivity contribution < 1.29 is 50.9 Å². The number of carbonyl (C=O) groups is 3. The molecule has 1 aromatic heterocycles. The summed E-state index contributed by atoms with van der Waals surface area (Å²) in [5.41, 5.74) is -1.21. The first-order valence-corrected chi connectivity index (χ1v) is 23.6. The molecule has 18 heteroatoms. The lowest BCUT2D eigenvalue weighted by Gasteiger charge is -2.41. The third kappa shape index (κ3) is 8.61. The molecular weight excluding hydrogens is 815 g/mol. The predicted octanol–water partition coefficient (Wildman–Crippen LogP) is 4.84. The van der Waals surface area contributed by atoms with E-state index in [0.29, 0.717) is 54.1 Å². The quantitative estimate of drug-likeness (QED) is 0.282. The van der Waals surface area contributed by atoms with Crippen LogP contribution in [0.5, 0.6) is 11.6 Å². The van der Waals surface area contributed by atoms with Gasteiger partial charge in [0.15, 0.2) is 0 Å². The maximum atomic E-state index is 14.8. The topological polar surface area (TPSA) is 198 Å². The van der Waals surface area contributed by atoms with Crippen molar-refractivity contribution in [1.29, 1.82) is 0 Å². The van der Waals surface area contributed by atoms with Crippen molar-refractivity contribution in [2.75, 3.05) is 13.7 Å². The van der Waals surface area contributed by atoms with E-state index in [1.165, 1.54) is 4.90 Å². The van der Waals surface area contributed by atoms with Crippen LogP contribution in [-0.4, -0.2) is 108 Å². The highest BCUT2D eigenvalue weighted by molar-refractivity contribution is 7.91. The van der Waals surface area contributed by atoms with Gasteiger partial charge in [-0.1, -0.05) is 40.5 Å². The van der Waals surface area contributed by atoms with Crippen molar-refractivity contribution in [2.45, 2.75) is 152 Å². The van der Waals surface area contributed by atoms with Gasteiger partial charge in [0.05, 0.1) is 41.4 Å². The fourth-order valence-electron chi connectivity index (χ4n) is 10.8. The first-order valence-electron chi connectivity index (χ1n) is 22.0. The zero-order valence-corrected chi connectivity index (χ0v) is 36.4. The minimum Gasteiger partial charge on any atom is -0.497 e. The van der Waals surface area contributed by atoms with Crippen LogP contribution in [-0.2, 0) is 30.8 Å². The number of aryl methyl sites for hydroxylation is 1. The monoisotopic (exact) mass is 874 g/mol. The van der Waals surface area contributed by atoms with Crippen LogP contribution in [0.15, 0.2) is 18.2 Å². The van der Waals surface area contributed by atoms with Gasteiger partial charge in [-0.3, -0.25) is 19.2 Å². The molecule has 2 unspecified atom stereocenters. The highest BCUT2D eigenvalue weighted by atomic mass is 32.2. The highest BCUT2D eigenvalue weighted by Gasteiger charge is 2.67. The van der Waals surface area contributed by atoms with Crippen LogP contribution in [0.3, 0.4) is 0 Å². The predicted molar refractivity (Wildman–Crippen MR) is 219 cm³/mol. The van der Waals surface area contributed by atoms with Crippen LogP contribution in [0.1, 0.15) is 104 Å². The maximum absolute atomic E-state index is 14.8. The van der Waals surface area contributed by atoms with Crippen LogP contribution < -0.4 is 24.8 Å². The van der Waals surface area contributed by atoms with Crippen molar-refractivity contribution in [3.63, 3.8) is 0 Å². The Morgan fingerprint density at radius 1 is 1.07 bits per heavy atom. The number of hydrogen-bond acceptors (Lipinski definition) is 12. The van der Waals surface area contributed by atoms with Crippen molar-refractivity contribution in [3.8, 4) is 11.6 Å². The second kappa shape index (κ2) is 16.7. The molecule has 3 heterocycles. The smallest absolute Gasteiger partial charge is 0.407 e. The Kier molecular flexibility index (Phi) is 11.9. The Bertz CT molecular complexity index is 2120. The Morgan fingerprint density at radius 3 is 2.49 bits per heavy atom. The molecule has 4 saturated carbocycles. The summed E-state index contributed by atoms with van der Waals surface area (Å²) in [4.78, 5) is 53.8. The van der Waals surface area contributed by atoms with E-state index in [2.05, 4.69) is 10.6 Å². The first-order chi connectivity index (χ1) is 28.9. The second-order valence-corrected chi connectivity index (χ2v) is 21.3. The Morgan fingerprint density at radius 2 is 1.82 bits per heavy atom. The molecule has 2 aromatic rings. The average Bonchev–Trinajstić information content (AvgIpc) is 4.08. The third-order valence-corrected chi connectivity index (χ3v) is 16.2. The van der Waals surface area contributed by atoms with E-state index in [9.17, 15) is 36.7 Å². The molecule has 336 valence electrons. The zero-order chi connectivity index (χ0) is 43.6. The molecule has 3 amide bonds. The van der Waals surface area contributed by atoms with Crippen LogP contribution in [0.4, 0.5) is 13.6 Å². The molecule has 1 saturated heterocycles. The number of alkyl halides is 2. The molecule has 4 bridgehead atoms. The molecule has 4 aliphatic carbocycles. The number of amides is 3. The number of hydrogen-bond donors (Lipinski definition) is 4. The van der Waals surface area contributed by atoms with Gasteiger partial charge in [-0.05, 0) is 99.5 Å². The summed E-state index contributed by atoms with van der Waals surface area (Å²) in [6, 6.07) is 3.09. The standard InChI is InChI=1S/C43H60F2N6O9S/c1-6-26-32-21-51(33(26)37(52)49-43(20-28(43)36(44)45)40(54)50-61(56,57)25-15-16-25)39(53)35(42(2,3)4)48-41(55)60-34-23-13-12-22(18-23)27(34)10-8-7-9-11-30-38(59-32)47-31-19-24(58-5)14-17-29(31)46-30/h14,17,19,22-23,25-28,32-36,39,53H,6-13,15-16,18,20-21H2,1-5H3,(H,48,55)(H,49,52)(H,50,54)/t22-,23+,26-,27-,28+,32+,33+,34-,35-,39?,43-/m1/s1. The van der Waals surface area contributed by atoms with Gasteiger partial charge in [-0.25, -0.2) is 32.0 Å². The number of halogens is 2. The zero-order valence-electron chi connectivity index (χ0n) is 35.6. The summed E-state index contributed by atoms with van der Waals surface area (Å²) < 4.78 is 74.9. The summed E-state index contributed by atoms with van der Waals surface area (Å²) in [6.45, 7) is 7.28. The number of sulfonamides is 1. The van der Waals surface area contributed by atoms with Gasteiger partial charge in [0, 0.05) is 18.5 Å². The van der Waals surface area contributed by atoms with E-state index >= 15 is 0 Å². The lowest BCUT2D eigenvalue weighted by molar-refractivity contribution is -0.138. The minimum atomic E-state index is -4.14. The molecule has 61 heavy (non-hydrogen) atoms. The number of methoxy groups -OCH3 is 1. The van der Waals surface area contributed by atoms with Gasteiger partial charge in [0.1, 0.15) is 35.4 Å². The van der Waals surface area contributed by atoms with Gasteiger partial charge in [0.25, 0.3) is 5.91 Å². The number of carbonyl (C=O) groups excluding carboxylic acids is 3. The molecule has 0 spiro atoms. The summed E-state index contributed by atoms with van der Waals surface area (Å²) in [5.74, 6) is -2.65. The summed E-state index contributed by atoms with van der Waals surface area (Å²) in [5, 5.41) is 17.2. The number of alkyl carbamates (subject to hydrolysis) is 1. The number of fused-ring (bicyclic) bond motifs is 9. The number of rotatable bonds is 8. The Labute approximate surface area is 355 Å². The molecule has 0 radical (unpaired) electrons. The highest BCUT2D eigenvalue weighted by Crippen LogP contribution is 2.52. The fraction of sp³-hybridized carbons (Fsp3) is 0.744.